The Balaban J connectivity index is 1.63. The topological polar surface area (TPSA) is 67.6 Å². The van der Waals surface area contributed by atoms with Gasteiger partial charge in [0.05, 0.1) is 4.90 Å². The molecule has 1 aliphatic heterocycles. The number of rotatable bonds is 3. The summed E-state index contributed by atoms with van der Waals surface area (Å²) in [5, 5.41) is 8.41. The van der Waals surface area contributed by atoms with Crippen LogP contribution >= 0.6 is 0 Å². The highest BCUT2D eigenvalue weighted by atomic mass is 32.2. The van der Waals surface area contributed by atoms with E-state index in [0.717, 1.165) is 24.3 Å². The Labute approximate surface area is 145 Å². The number of benzene rings is 1. The number of nitrogens with zero attached hydrogens (tertiary/aromatic N) is 4. The molecule has 0 amide bonds. The molecule has 25 heavy (non-hydrogen) atoms. The number of piperidine rings is 1. The fourth-order valence-corrected chi connectivity index (χ4v) is 4.79. The van der Waals surface area contributed by atoms with Crippen LogP contribution in [0.3, 0.4) is 0 Å². The molecule has 3 aromatic rings. The van der Waals surface area contributed by atoms with E-state index in [-0.39, 0.29) is 10.8 Å². The third-order valence-corrected chi connectivity index (χ3v) is 6.42. The van der Waals surface area contributed by atoms with Gasteiger partial charge >= 0.3 is 0 Å². The molecule has 0 aliphatic carbocycles. The third-order valence-electron chi connectivity index (χ3n) is 4.54. The Hall–Kier alpha value is -2.32. The first-order chi connectivity index (χ1) is 12.1. The Morgan fingerprint density at radius 1 is 1.08 bits per heavy atom. The van der Waals surface area contributed by atoms with Crippen LogP contribution in [0.25, 0.3) is 5.65 Å². The lowest BCUT2D eigenvalue weighted by Gasteiger charge is -2.31. The zero-order valence-corrected chi connectivity index (χ0v) is 14.2. The van der Waals surface area contributed by atoms with E-state index in [1.165, 1.54) is 28.6 Å². The Kier molecular flexibility index (Phi) is 4.01. The first-order valence-corrected chi connectivity index (χ1v) is 9.55. The van der Waals surface area contributed by atoms with E-state index < -0.39 is 15.8 Å². The van der Waals surface area contributed by atoms with Crippen molar-refractivity contribution in [3.05, 3.63) is 60.3 Å². The zero-order valence-electron chi connectivity index (χ0n) is 13.4. The van der Waals surface area contributed by atoms with Crippen molar-refractivity contribution in [2.45, 2.75) is 23.7 Å². The van der Waals surface area contributed by atoms with Gasteiger partial charge in [0, 0.05) is 25.2 Å². The summed E-state index contributed by atoms with van der Waals surface area (Å²) in [6, 6.07) is 10.6. The molecule has 0 bridgehead atoms. The summed E-state index contributed by atoms with van der Waals surface area (Å²) in [6.07, 6.45) is 3.48. The van der Waals surface area contributed by atoms with Crippen molar-refractivity contribution < 1.29 is 12.8 Å². The van der Waals surface area contributed by atoms with Gasteiger partial charge in [-0.05, 0) is 49.2 Å². The summed E-state index contributed by atoms with van der Waals surface area (Å²) >= 11 is 0. The molecule has 0 unspecified atom stereocenters. The van der Waals surface area contributed by atoms with E-state index in [4.69, 9.17) is 0 Å². The Bertz CT molecular complexity index is 1000. The lowest BCUT2D eigenvalue weighted by Crippen LogP contribution is -2.39. The lowest BCUT2D eigenvalue weighted by atomic mass is 9.99. The van der Waals surface area contributed by atoms with Gasteiger partial charge in [0.1, 0.15) is 11.6 Å². The van der Waals surface area contributed by atoms with Gasteiger partial charge in [0.15, 0.2) is 5.65 Å². The first kappa shape index (κ1) is 16.2. The van der Waals surface area contributed by atoms with Gasteiger partial charge in [-0.1, -0.05) is 6.07 Å². The van der Waals surface area contributed by atoms with Gasteiger partial charge < -0.3 is 0 Å². The zero-order chi connectivity index (χ0) is 17.4. The second kappa shape index (κ2) is 6.20. The maximum atomic E-state index is 13.1. The fourth-order valence-electron chi connectivity index (χ4n) is 3.27. The average molecular weight is 360 g/mol. The van der Waals surface area contributed by atoms with E-state index in [1.807, 2.05) is 28.8 Å². The largest absolute Gasteiger partial charge is 0.286 e. The van der Waals surface area contributed by atoms with Crippen molar-refractivity contribution >= 4 is 15.7 Å². The van der Waals surface area contributed by atoms with Gasteiger partial charge in [-0.3, -0.25) is 4.40 Å². The number of pyridine rings is 1. The van der Waals surface area contributed by atoms with Crippen LogP contribution in [0, 0.1) is 5.82 Å². The predicted octanol–water partition coefficient (Wildman–Crippen LogP) is 2.44. The van der Waals surface area contributed by atoms with E-state index in [2.05, 4.69) is 10.2 Å². The van der Waals surface area contributed by atoms with Crippen LogP contribution in [0.15, 0.2) is 53.6 Å². The van der Waals surface area contributed by atoms with E-state index in [0.29, 0.717) is 13.1 Å². The number of halogens is 1. The van der Waals surface area contributed by atoms with Crippen molar-refractivity contribution in [1.29, 1.82) is 0 Å². The first-order valence-electron chi connectivity index (χ1n) is 8.11. The monoisotopic (exact) mass is 360 g/mol. The van der Waals surface area contributed by atoms with Gasteiger partial charge in [0.25, 0.3) is 0 Å². The summed E-state index contributed by atoms with van der Waals surface area (Å²) < 4.78 is 42.1. The minimum absolute atomic E-state index is 0.0265. The highest BCUT2D eigenvalue weighted by Crippen LogP contribution is 2.29. The van der Waals surface area contributed by atoms with Gasteiger partial charge in [0.2, 0.25) is 10.0 Å². The number of hydrogen-bond donors (Lipinski definition) is 0. The molecule has 0 saturated carbocycles. The molecule has 1 aliphatic rings. The molecule has 130 valence electrons. The van der Waals surface area contributed by atoms with E-state index in [1.54, 1.807) is 0 Å². The molecular formula is C17H17FN4O2S. The molecule has 1 atom stereocenters. The second-order valence-electron chi connectivity index (χ2n) is 6.14. The molecule has 8 heteroatoms. The highest BCUT2D eigenvalue weighted by molar-refractivity contribution is 7.89. The number of sulfonamides is 1. The highest BCUT2D eigenvalue weighted by Gasteiger charge is 2.32. The number of fused-ring (bicyclic) bond motifs is 1. The summed E-state index contributed by atoms with van der Waals surface area (Å²) in [7, 11) is -3.65. The van der Waals surface area contributed by atoms with Gasteiger partial charge in [-0.2, -0.15) is 4.31 Å². The summed E-state index contributed by atoms with van der Waals surface area (Å²) in [6.45, 7) is 0.794. The van der Waals surface area contributed by atoms with E-state index in [9.17, 15) is 12.8 Å². The van der Waals surface area contributed by atoms with Crippen LogP contribution in [0.5, 0.6) is 0 Å². The molecule has 0 N–H and O–H groups in total. The predicted molar refractivity (Wildman–Crippen MR) is 90.1 cm³/mol. The quantitative estimate of drug-likeness (QED) is 0.719. The Morgan fingerprint density at radius 3 is 2.68 bits per heavy atom. The standard InChI is InChI=1S/C17H17FN4O2S/c18-14-6-8-15(9-7-14)25(23,24)21-10-3-4-13(12-21)17-20-19-16-5-1-2-11-22(16)17/h1-2,5-9,11,13H,3-4,10,12H2/t13-/m0/s1. The van der Waals surface area contributed by atoms with Crippen molar-refractivity contribution in [2.24, 2.45) is 0 Å². The molecular weight excluding hydrogens is 343 g/mol. The molecule has 3 heterocycles. The molecule has 0 radical (unpaired) electrons. The van der Waals surface area contributed by atoms with E-state index >= 15 is 0 Å². The SMILES string of the molecule is O=S(=O)(c1ccc(F)cc1)N1CCC[C@H](c2nnc3ccccn23)C1. The van der Waals surface area contributed by atoms with Crippen molar-refractivity contribution in [2.75, 3.05) is 13.1 Å². The smallest absolute Gasteiger partial charge is 0.243 e. The minimum Gasteiger partial charge on any atom is -0.286 e. The molecule has 0 spiro atoms. The van der Waals surface area contributed by atoms with Gasteiger partial charge in [-0.15, -0.1) is 10.2 Å². The fraction of sp³-hybridized carbons (Fsp3) is 0.294. The maximum Gasteiger partial charge on any atom is 0.243 e. The van der Waals surface area contributed by atoms with Crippen LogP contribution < -0.4 is 0 Å². The summed E-state index contributed by atoms with van der Waals surface area (Å²) in [4.78, 5) is 0.112. The normalized spacial score (nSPS) is 19.3. The number of hydrogen-bond acceptors (Lipinski definition) is 4. The average Bonchev–Trinajstić information content (AvgIpc) is 3.06. The summed E-state index contributed by atoms with van der Waals surface area (Å²) in [5.74, 6) is 0.293. The van der Waals surface area contributed by atoms with Crippen molar-refractivity contribution in [1.82, 2.24) is 18.9 Å². The van der Waals surface area contributed by atoms with Gasteiger partial charge in [-0.25, -0.2) is 12.8 Å². The maximum absolute atomic E-state index is 13.1. The third kappa shape index (κ3) is 2.91. The molecule has 1 fully saturated rings. The van der Waals surface area contributed by atoms with Crippen molar-refractivity contribution in [3.63, 3.8) is 0 Å². The lowest BCUT2D eigenvalue weighted by molar-refractivity contribution is 0.308. The number of aromatic nitrogens is 3. The minimum atomic E-state index is -3.65. The van der Waals surface area contributed by atoms with Crippen molar-refractivity contribution in [3.8, 4) is 0 Å². The van der Waals surface area contributed by atoms with Crippen LogP contribution in [0.1, 0.15) is 24.6 Å². The molecule has 1 saturated heterocycles. The molecule has 1 aromatic carbocycles. The second-order valence-corrected chi connectivity index (χ2v) is 8.08. The molecule has 4 rings (SSSR count). The van der Waals surface area contributed by atoms with Crippen LogP contribution in [0.4, 0.5) is 4.39 Å². The molecule has 6 nitrogen and oxygen atoms in total. The van der Waals surface area contributed by atoms with Crippen LogP contribution in [-0.4, -0.2) is 40.4 Å². The Morgan fingerprint density at radius 2 is 1.88 bits per heavy atom. The summed E-state index contributed by atoms with van der Waals surface area (Å²) in [5.41, 5.74) is 0.746. The van der Waals surface area contributed by atoms with Crippen LogP contribution in [0.2, 0.25) is 0 Å². The van der Waals surface area contributed by atoms with Crippen LogP contribution in [-0.2, 0) is 10.0 Å². The molecule has 2 aromatic heterocycles.